The van der Waals surface area contributed by atoms with Gasteiger partial charge in [0.2, 0.25) is 0 Å². The molecule has 0 aromatic rings. The third-order valence-electron chi connectivity index (χ3n) is 1.91. The SMILES string of the molecule is O.O.O=S(=O)(O)CC(CS(=O)(=O)O)C1=NCCN1. The van der Waals surface area contributed by atoms with E-state index in [0.717, 1.165) is 0 Å². The molecule has 0 aliphatic carbocycles. The topological polar surface area (TPSA) is 196 Å². The van der Waals surface area contributed by atoms with Gasteiger partial charge in [0.05, 0.1) is 18.1 Å². The van der Waals surface area contributed by atoms with E-state index < -0.39 is 37.7 Å². The highest BCUT2D eigenvalue weighted by Crippen LogP contribution is 2.08. The summed E-state index contributed by atoms with van der Waals surface area (Å²) in [6.45, 7) is 0.881. The lowest BCUT2D eigenvalue weighted by Crippen LogP contribution is -2.36. The lowest BCUT2D eigenvalue weighted by atomic mass is 10.2. The van der Waals surface area contributed by atoms with Crippen LogP contribution >= 0.6 is 0 Å². The molecule has 1 aliphatic heterocycles. The molecule has 0 radical (unpaired) electrons. The summed E-state index contributed by atoms with van der Waals surface area (Å²) >= 11 is 0. The molecule has 10 nitrogen and oxygen atoms in total. The van der Waals surface area contributed by atoms with Crippen LogP contribution in [-0.4, -0.2) is 67.3 Å². The Labute approximate surface area is 104 Å². The van der Waals surface area contributed by atoms with Crippen molar-refractivity contribution in [3.8, 4) is 0 Å². The van der Waals surface area contributed by atoms with Gasteiger partial charge in [-0.15, -0.1) is 0 Å². The zero-order valence-corrected chi connectivity index (χ0v) is 10.8. The van der Waals surface area contributed by atoms with E-state index in [9.17, 15) is 16.8 Å². The van der Waals surface area contributed by atoms with Gasteiger partial charge in [-0.3, -0.25) is 14.1 Å². The van der Waals surface area contributed by atoms with Gasteiger partial charge in [0.25, 0.3) is 20.2 Å². The van der Waals surface area contributed by atoms with Gasteiger partial charge in [-0.2, -0.15) is 16.8 Å². The first-order chi connectivity index (χ1) is 7.17. The summed E-state index contributed by atoms with van der Waals surface area (Å²) in [6, 6.07) is 0. The van der Waals surface area contributed by atoms with Crippen LogP contribution in [0.4, 0.5) is 0 Å². The first-order valence-electron chi connectivity index (χ1n) is 4.36. The lowest BCUT2D eigenvalue weighted by molar-refractivity contribution is 0.469. The molecule has 12 heteroatoms. The normalized spacial score (nSPS) is 15.4. The smallest absolute Gasteiger partial charge is 0.265 e. The van der Waals surface area contributed by atoms with Crippen molar-refractivity contribution in [1.82, 2.24) is 5.32 Å². The first kappa shape index (κ1) is 19.5. The monoisotopic (exact) mass is 308 g/mol. The number of nitrogens with zero attached hydrogens (tertiary/aromatic N) is 1. The number of hydrogen-bond acceptors (Lipinski definition) is 6. The van der Waals surface area contributed by atoms with Gasteiger partial charge in [-0.1, -0.05) is 0 Å². The van der Waals surface area contributed by atoms with Gasteiger partial charge >= 0.3 is 0 Å². The Bertz CT molecular complexity index is 448. The zero-order valence-electron chi connectivity index (χ0n) is 9.20. The number of hydrogen-bond donors (Lipinski definition) is 3. The van der Waals surface area contributed by atoms with Crippen molar-refractivity contribution in [3.05, 3.63) is 0 Å². The van der Waals surface area contributed by atoms with Crippen LogP contribution < -0.4 is 5.32 Å². The van der Waals surface area contributed by atoms with Crippen LogP contribution in [0.25, 0.3) is 0 Å². The van der Waals surface area contributed by atoms with Crippen molar-refractivity contribution in [3.63, 3.8) is 0 Å². The summed E-state index contributed by atoms with van der Waals surface area (Å²) < 4.78 is 60.0. The molecule has 0 bridgehead atoms. The minimum Gasteiger partial charge on any atom is -0.412 e. The number of nitrogens with one attached hydrogen (secondary N) is 1. The van der Waals surface area contributed by atoms with E-state index >= 15 is 0 Å². The summed E-state index contributed by atoms with van der Waals surface area (Å²) in [7, 11) is -8.66. The van der Waals surface area contributed by atoms with Crippen molar-refractivity contribution in [2.45, 2.75) is 0 Å². The van der Waals surface area contributed by atoms with Crippen molar-refractivity contribution < 1.29 is 36.9 Å². The first-order valence-corrected chi connectivity index (χ1v) is 7.58. The third-order valence-corrected chi connectivity index (χ3v) is 3.56. The Hall–Kier alpha value is -0.790. The molecular formula is C6H16N2O8S2. The Morgan fingerprint density at radius 3 is 1.83 bits per heavy atom. The fraction of sp³-hybridized carbons (Fsp3) is 0.833. The van der Waals surface area contributed by atoms with Crippen molar-refractivity contribution in [1.29, 1.82) is 0 Å². The van der Waals surface area contributed by atoms with Crippen LogP contribution in [0.5, 0.6) is 0 Å². The highest BCUT2D eigenvalue weighted by molar-refractivity contribution is 7.86. The molecule has 0 atom stereocenters. The van der Waals surface area contributed by atoms with Crippen LogP contribution in [0.2, 0.25) is 0 Å². The largest absolute Gasteiger partial charge is 0.412 e. The second-order valence-corrected chi connectivity index (χ2v) is 6.38. The molecule has 110 valence electrons. The molecule has 1 heterocycles. The molecule has 0 fully saturated rings. The number of rotatable bonds is 5. The Morgan fingerprint density at radius 1 is 1.11 bits per heavy atom. The van der Waals surface area contributed by atoms with Crippen LogP contribution in [0, 0.1) is 5.92 Å². The third kappa shape index (κ3) is 7.52. The van der Waals surface area contributed by atoms with Gasteiger partial charge in [0.1, 0.15) is 5.84 Å². The summed E-state index contributed by atoms with van der Waals surface area (Å²) in [5, 5.41) is 2.70. The zero-order chi connectivity index (χ0) is 12.4. The van der Waals surface area contributed by atoms with Gasteiger partial charge in [0, 0.05) is 12.5 Å². The van der Waals surface area contributed by atoms with E-state index in [1.54, 1.807) is 0 Å². The molecule has 0 aromatic heterocycles. The molecule has 0 unspecified atom stereocenters. The van der Waals surface area contributed by atoms with Gasteiger partial charge in [-0.05, 0) is 0 Å². The molecule has 0 saturated heterocycles. The fourth-order valence-corrected chi connectivity index (χ4v) is 3.12. The minimum atomic E-state index is -4.33. The molecule has 1 rings (SSSR count). The van der Waals surface area contributed by atoms with Crippen LogP contribution in [-0.2, 0) is 20.2 Å². The summed E-state index contributed by atoms with van der Waals surface area (Å²) in [5.41, 5.74) is 0. The second kappa shape index (κ2) is 6.96. The predicted octanol–water partition coefficient (Wildman–Crippen LogP) is -3.27. The average Bonchev–Trinajstić information content (AvgIpc) is 2.47. The summed E-state index contributed by atoms with van der Waals surface area (Å²) in [5.74, 6) is -2.49. The van der Waals surface area contributed by atoms with Crippen LogP contribution in [0.15, 0.2) is 4.99 Å². The van der Waals surface area contributed by atoms with E-state index in [-0.39, 0.29) is 16.8 Å². The molecule has 0 amide bonds. The van der Waals surface area contributed by atoms with E-state index in [2.05, 4.69) is 10.3 Å². The van der Waals surface area contributed by atoms with Crippen molar-refractivity contribution >= 4 is 26.1 Å². The molecule has 0 saturated carbocycles. The average molecular weight is 308 g/mol. The van der Waals surface area contributed by atoms with E-state index in [1.807, 2.05) is 0 Å². The molecule has 0 aromatic carbocycles. The fourth-order valence-electron chi connectivity index (χ4n) is 1.40. The van der Waals surface area contributed by atoms with Crippen LogP contribution in [0.1, 0.15) is 0 Å². The Balaban J connectivity index is 0. The van der Waals surface area contributed by atoms with E-state index in [0.29, 0.717) is 13.1 Å². The highest BCUT2D eigenvalue weighted by Gasteiger charge is 2.28. The molecule has 0 spiro atoms. The number of aliphatic imine (C=N–C) groups is 1. The van der Waals surface area contributed by atoms with Gasteiger partial charge in [-0.25, -0.2) is 0 Å². The van der Waals surface area contributed by atoms with Crippen molar-refractivity contribution in [2.24, 2.45) is 10.9 Å². The van der Waals surface area contributed by atoms with Gasteiger partial charge < -0.3 is 16.3 Å². The highest BCUT2D eigenvalue weighted by atomic mass is 32.2. The maximum absolute atomic E-state index is 10.7. The van der Waals surface area contributed by atoms with E-state index in [1.165, 1.54) is 0 Å². The van der Waals surface area contributed by atoms with E-state index in [4.69, 9.17) is 9.11 Å². The second-order valence-electron chi connectivity index (χ2n) is 3.39. The minimum absolute atomic E-state index is 0. The molecular weight excluding hydrogens is 292 g/mol. The Kier molecular flexibility index (Phi) is 7.56. The quantitative estimate of drug-likeness (QED) is 0.442. The molecule has 18 heavy (non-hydrogen) atoms. The maximum atomic E-state index is 10.7. The summed E-state index contributed by atoms with van der Waals surface area (Å²) in [4.78, 5) is 3.86. The van der Waals surface area contributed by atoms with Crippen LogP contribution in [0.3, 0.4) is 0 Å². The van der Waals surface area contributed by atoms with Gasteiger partial charge in [0.15, 0.2) is 0 Å². The Morgan fingerprint density at radius 2 is 1.56 bits per heavy atom. The number of amidine groups is 1. The summed E-state index contributed by atoms with van der Waals surface area (Å²) in [6.07, 6.45) is 0. The molecule has 7 N–H and O–H groups in total. The standard InChI is InChI=1S/C6H12N2O6S2.2H2O/c9-15(10,11)3-5(4-16(12,13)14)6-7-1-2-8-6;;/h5H,1-4H2,(H,7,8)(H,9,10,11)(H,12,13,14);2*1H2. The van der Waals surface area contributed by atoms with Crippen molar-refractivity contribution in [2.75, 3.05) is 24.6 Å². The maximum Gasteiger partial charge on any atom is 0.265 e. The molecule has 1 aliphatic rings. The predicted molar refractivity (Wildman–Crippen MR) is 63.9 cm³/mol. The lowest BCUT2D eigenvalue weighted by Gasteiger charge is -2.13.